The largest absolute Gasteiger partial charge is 0.491 e. The fourth-order valence-corrected chi connectivity index (χ4v) is 6.25. The standard InChI is InChI=1S/C29H26BrClN2O5S/c1-6-12-37-26-20(30)13-18(14-21(26)31)15-23-27(34)33-25(19-10-8-9-11-22(19)38-16(3)4)24(28(35)36-7-2)17(5)32-29(33)39-23/h1,8-11,13-16,25H,7,12H2,2-5H3/b23-15+/t25-/m0/s1. The molecule has 0 saturated heterocycles. The lowest BCUT2D eigenvalue weighted by Crippen LogP contribution is -2.40. The maximum atomic E-state index is 13.9. The molecule has 1 aliphatic rings. The molecule has 0 aliphatic carbocycles. The first-order valence-electron chi connectivity index (χ1n) is 12.2. The summed E-state index contributed by atoms with van der Waals surface area (Å²) in [6.45, 7) is 7.57. The first-order valence-corrected chi connectivity index (χ1v) is 14.2. The van der Waals surface area contributed by atoms with Gasteiger partial charge in [0.1, 0.15) is 18.4 Å². The molecule has 0 amide bonds. The van der Waals surface area contributed by atoms with Gasteiger partial charge in [0.25, 0.3) is 5.56 Å². The highest BCUT2D eigenvalue weighted by molar-refractivity contribution is 9.10. The van der Waals surface area contributed by atoms with Crippen LogP contribution in [0, 0.1) is 12.3 Å². The molecule has 0 N–H and O–H groups in total. The Bertz CT molecular complexity index is 1660. The zero-order valence-electron chi connectivity index (χ0n) is 21.8. The minimum absolute atomic E-state index is 0.0699. The third-order valence-corrected chi connectivity index (χ3v) is 7.56. The van der Waals surface area contributed by atoms with E-state index in [0.717, 1.165) is 0 Å². The van der Waals surface area contributed by atoms with Crippen LogP contribution in [-0.4, -0.2) is 29.9 Å². The van der Waals surface area contributed by atoms with Crippen LogP contribution in [0.5, 0.6) is 11.5 Å². The Morgan fingerprint density at radius 1 is 1.33 bits per heavy atom. The average Bonchev–Trinajstić information content (AvgIpc) is 3.17. The molecule has 39 heavy (non-hydrogen) atoms. The number of esters is 1. The number of aromatic nitrogens is 1. The molecule has 0 spiro atoms. The first-order chi connectivity index (χ1) is 18.7. The third kappa shape index (κ3) is 5.98. The van der Waals surface area contributed by atoms with Gasteiger partial charge in [-0.1, -0.05) is 47.1 Å². The van der Waals surface area contributed by atoms with E-state index in [9.17, 15) is 9.59 Å². The van der Waals surface area contributed by atoms with Crippen LogP contribution in [0.3, 0.4) is 0 Å². The molecule has 10 heteroatoms. The fourth-order valence-electron chi connectivity index (χ4n) is 4.22. The van der Waals surface area contributed by atoms with Crippen LogP contribution in [0.15, 0.2) is 61.9 Å². The SMILES string of the molecule is C#CCOc1c(Cl)cc(/C=c2/sc3n(c2=O)[C@@H](c2ccccc2OC(C)C)C(C(=O)OCC)=C(C)N=3)cc1Br. The smallest absolute Gasteiger partial charge is 0.338 e. The average molecular weight is 630 g/mol. The third-order valence-electron chi connectivity index (χ3n) is 5.71. The Labute approximate surface area is 243 Å². The van der Waals surface area contributed by atoms with Crippen LogP contribution in [-0.2, 0) is 9.53 Å². The Hall–Kier alpha value is -3.32. The summed E-state index contributed by atoms with van der Waals surface area (Å²) in [4.78, 5) is 32.2. The summed E-state index contributed by atoms with van der Waals surface area (Å²) in [5, 5.41) is 0.344. The zero-order valence-corrected chi connectivity index (χ0v) is 24.9. The van der Waals surface area contributed by atoms with Gasteiger partial charge in [-0.05, 0) is 73.5 Å². The number of benzene rings is 2. The lowest BCUT2D eigenvalue weighted by atomic mass is 9.95. The number of hydrogen-bond acceptors (Lipinski definition) is 7. The molecular weight excluding hydrogens is 604 g/mol. The summed E-state index contributed by atoms with van der Waals surface area (Å²) in [6.07, 6.45) is 6.90. The van der Waals surface area contributed by atoms with E-state index in [0.29, 0.717) is 47.2 Å². The summed E-state index contributed by atoms with van der Waals surface area (Å²) < 4.78 is 19.5. The van der Waals surface area contributed by atoms with E-state index in [4.69, 9.17) is 32.2 Å². The van der Waals surface area contributed by atoms with Crippen molar-refractivity contribution < 1.29 is 19.0 Å². The van der Waals surface area contributed by atoms with Crippen molar-refractivity contribution >= 4 is 50.9 Å². The van der Waals surface area contributed by atoms with Gasteiger partial charge in [-0.25, -0.2) is 9.79 Å². The minimum Gasteiger partial charge on any atom is -0.491 e. The molecule has 2 heterocycles. The second kappa shape index (κ2) is 12.2. The summed E-state index contributed by atoms with van der Waals surface area (Å²) >= 11 is 11.1. The van der Waals surface area contributed by atoms with Crippen molar-refractivity contribution in [1.29, 1.82) is 0 Å². The van der Waals surface area contributed by atoms with Crippen LogP contribution in [0.1, 0.15) is 44.9 Å². The summed E-state index contributed by atoms with van der Waals surface area (Å²) in [5.41, 5.74) is 1.80. The van der Waals surface area contributed by atoms with Gasteiger partial charge in [0.2, 0.25) is 0 Å². The van der Waals surface area contributed by atoms with E-state index >= 15 is 0 Å². The van der Waals surface area contributed by atoms with Crippen molar-refractivity contribution in [3.8, 4) is 23.8 Å². The van der Waals surface area contributed by atoms with Gasteiger partial charge in [-0.3, -0.25) is 9.36 Å². The highest BCUT2D eigenvalue weighted by atomic mass is 79.9. The Morgan fingerprint density at radius 3 is 2.74 bits per heavy atom. The molecule has 3 aromatic rings. The molecule has 0 saturated carbocycles. The van der Waals surface area contributed by atoms with Crippen LogP contribution in [0.2, 0.25) is 5.02 Å². The van der Waals surface area contributed by atoms with E-state index in [2.05, 4.69) is 26.8 Å². The fraction of sp³-hybridized carbons (Fsp3) is 0.276. The number of ether oxygens (including phenoxy) is 3. The maximum absolute atomic E-state index is 13.9. The minimum atomic E-state index is -0.785. The van der Waals surface area contributed by atoms with E-state index < -0.39 is 12.0 Å². The monoisotopic (exact) mass is 628 g/mol. The van der Waals surface area contributed by atoms with Crippen LogP contribution in [0.4, 0.5) is 0 Å². The number of halogens is 2. The molecule has 202 valence electrons. The normalized spacial score (nSPS) is 15.0. The van der Waals surface area contributed by atoms with Gasteiger partial charge in [-0.2, -0.15) is 0 Å². The second-order valence-corrected chi connectivity index (χ2v) is 11.1. The zero-order chi connectivity index (χ0) is 28.3. The van der Waals surface area contributed by atoms with Crippen LogP contribution in [0.25, 0.3) is 6.08 Å². The van der Waals surface area contributed by atoms with Gasteiger partial charge >= 0.3 is 5.97 Å². The highest BCUT2D eigenvalue weighted by Gasteiger charge is 2.35. The second-order valence-electron chi connectivity index (χ2n) is 8.81. The van der Waals surface area contributed by atoms with E-state index in [1.54, 1.807) is 32.1 Å². The predicted octanol–water partition coefficient (Wildman–Crippen LogP) is 5.01. The Morgan fingerprint density at radius 2 is 2.08 bits per heavy atom. The highest BCUT2D eigenvalue weighted by Crippen LogP contribution is 2.37. The number of rotatable bonds is 8. The van der Waals surface area contributed by atoms with Crippen molar-refractivity contribution in [3.05, 3.63) is 88.0 Å². The van der Waals surface area contributed by atoms with Gasteiger partial charge < -0.3 is 14.2 Å². The topological polar surface area (TPSA) is 79.1 Å². The van der Waals surface area contributed by atoms with Crippen molar-refractivity contribution in [3.63, 3.8) is 0 Å². The number of thiazole rings is 1. The Balaban J connectivity index is 1.93. The molecule has 1 aliphatic heterocycles. The number of fused-ring (bicyclic) bond motifs is 1. The molecule has 0 unspecified atom stereocenters. The number of para-hydroxylation sites is 1. The van der Waals surface area contributed by atoms with Crippen LogP contribution < -0.4 is 24.4 Å². The molecule has 1 aromatic heterocycles. The molecule has 1 atom stereocenters. The molecule has 0 bridgehead atoms. The summed E-state index contributed by atoms with van der Waals surface area (Å²) in [6, 6.07) is 10.1. The molecule has 4 rings (SSSR count). The number of terminal acetylenes is 1. The molecule has 7 nitrogen and oxygen atoms in total. The molecule has 0 fully saturated rings. The van der Waals surface area contributed by atoms with Gasteiger partial charge in [-0.15, -0.1) is 6.42 Å². The van der Waals surface area contributed by atoms with Crippen molar-refractivity contribution in [2.75, 3.05) is 13.2 Å². The lowest BCUT2D eigenvalue weighted by molar-refractivity contribution is -0.139. The number of allylic oxidation sites excluding steroid dienone is 1. The number of hydrogen-bond donors (Lipinski definition) is 0. The predicted molar refractivity (Wildman–Crippen MR) is 156 cm³/mol. The lowest BCUT2D eigenvalue weighted by Gasteiger charge is -2.26. The number of carbonyl (C=O) groups is 1. The first kappa shape index (κ1) is 28.7. The quantitative estimate of drug-likeness (QED) is 0.259. The summed E-state index contributed by atoms with van der Waals surface area (Å²) in [5.74, 6) is 2.87. The molecular formula is C29H26BrClN2O5S. The summed E-state index contributed by atoms with van der Waals surface area (Å²) in [7, 11) is 0. The maximum Gasteiger partial charge on any atom is 0.338 e. The van der Waals surface area contributed by atoms with Crippen molar-refractivity contribution in [1.82, 2.24) is 4.57 Å². The van der Waals surface area contributed by atoms with Gasteiger partial charge in [0.15, 0.2) is 10.6 Å². The van der Waals surface area contributed by atoms with Crippen molar-refractivity contribution in [2.24, 2.45) is 4.99 Å². The van der Waals surface area contributed by atoms with E-state index in [-0.39, 0.29) is 30.5 Å². The Kier molecular flexibility index (Phi) is 9.01. The van der Waals surface area contributed by atoms with Crippen LogP contribution >= 0.6 is 38.9 Å². The molecule has 0 radical (unpaired) electrons. The van der Waals surface area contributed by atoms with Crippen molar-refractivity contribution in [2.45, 2.75) is 39.8 Å². The van der Waals surface area contributed by atoms with Gasteiger partial charge in [0, 0.05) is 5.56 Å². The number of nitrogens with zero attached hydrogens (tertiary/aromatic N) is 2. The van der Waals surface area contributed by atoms with E-state index in [1.807, 2.05) is 38.1 Å². The molecule has 2 aromatic carbocycles. The number of carbonyl (C=O) groups excluding carboxylic acids is 1. The van der Waals surface area contributed by atoms with Gasteiger partial charge in [0.05, 0.1) is 38.0 Å². The van der Waals surface area contributed by atoms with E-state index in [1.165, 1.54) is 15.9 Å².